The van der Waals surface area contributed by atoms with Crippen LogP contribution in [0.1, 0.15) is 131 Å². The van der Waals surface area contributed by atoms with Gasteiger partial charge in [0, 0.05) is 0 Å². The van der Waals surface area contributed by atoms with E-state index >= 15 is 0 Å². The maximum atomic E-state index is 5.86. The average molecular weight is 866 g/mol. The van der Waals surface area contributed by atoms with Crippen molar-refractivity contribution in [1.82, 2.24) is 0 Å². The molecule has 5 aromatic rings. The van der Waals surface area contributed by atoms with Gasteiger partial charge in [-0.15, -0.1) is 16.7 Å². The second-order valence-electron chi connectivity index (χ2n) is 17.1. The summed E-state index contributed by atoms with van der Waals surface area (Å²) in [6, 6.07) is 33.6. The fourth-order valence-electron chi connectivity index (χ4n) is 6.83. The number of benzene rings is 4. The van der Waals surface area contributed by atoms with Gasteiger partial charge in [0.25, 0.3) is 0 Å². The van der Waals surface area contributed by atoms with Crippen molar-refractivity contribution < 1.29 is 49.0 Å². The first kappa shape index (κ1) is 47.3. The van der Waals surface area contributed by atoms with Crippen molar-refractivity contribution in [2.45, 2.75) is 119 Å². The predicted octanol–water partition coefficient (Wildman–Crippen LogP) is 8.04. The van der Waals surface area contributed by atoms with Crippen molar-refractivity contribution in [2.75, 3.05) is 0 Å². The fourth-order valence-corrected chi connectivity index (χ4v) is 7.90. The van der Waals surface area contributed by atoms with E-state index in [4.69, 9.17) is 23.2 Å². The van der Waals surface area contributed by atoms with Crippen molar-refractivity contribution in [1.29, 1.82) is 0 Å². The van der Waals surface area contributed by atoms with Crippen LogP contribution >= 0.6 is 23.2 Å². The van der Waals surface area contributed by atoms with E-state index in [1.807, 2.05) is 48.5 Å². The van der Waals surface area contributed by atoms with Crippen molar-refractivity contribution in [3.05, 3.63) is 157 Å². The van der Waals surface area contributed by atoms with Crippen molar-refractivity contribution in [3.63, 3.8) is 0 Å². The van der Waals surface area contributed by atoms with E-state index < -0.39 is 0 Å². The van der Waals surface area contributed by atoms with E-state index in [9.17, 15) is 0 Å². The molecule has 5 aromatic carbocycles. The van der Waals surface area contributed by atoms with Gasteiger partial charge in [0.2, 0.25) is 0 Å². The Hall–Kier alpha value is -1.86. The van der Waals surface area contributed by atoms with Crippen LogP contribution in [0.2, 0.25) is 10.0 Å². The van der Waals surface area contributed by atoms with Crippen LogP contribution in [-0.2, 0) is 53.3 Å². The standard InChI is InChI=1S/C23H29.C13H8Cl2.C12H19.2ClH.Zr/c1-14-9-16-11-17-10-15(2)21(23(6,7)8)13-19(17)18(16)12-20(14)22(3,4)5;14-12-5-1-10(2-6-12)9-11-3-7-13(15)8-4-11;1-5-6-10-7-8-11(9-10)12(2,3)4;;;/h9,12-13H,11H2,1-8H3;1-8H;7-9H,5-6H2,1-4H3;2*1H;/q-1;;-1;;;+2/p-2. The Morgan fingerprint density at radius 1 is 0.698 bits per heavy atom. The Morgan fingerprint density at radius 2 is 1.19 bits per heavy atom. The maximum Gasteiger partial charge on any atom is -1.00 e. The SMILES string of the molecule is CCCc1cc(C(C)(C)C)c[cH-]1.Cc1[c-]c2c(cc1C(C)(C)C)-c1cc(C(C)(C)C)c(C)cc1C2.Clc1ccc([C](=[Zr+2])c2ccc(Cl)cc2)cc1.[Cl-].[Cl-]. The molecule has 0 nitrogen and oxygen atoms in total. The van der Waals surface area contributed by atoms with Crippen molar-refractivity contribution in [3.8, 4) is 11.1 Å². The molecular weight excluding hydrogens is 810 g/mol. The van der Waals surface area contributed by atoms with E-state index in [-0.39, 0.29) is 35.6 Å². The minimum Gasteiger partial charge on any atom is -1.00 e. The molecule has 282 valence electrons. The first-order valence-corrected chi connectivity index (χ1v) is 20.2. The average Bonchev–Trinajstić information content (AvgIpc) is 3.64. The summed E-state index contributed by atoms with van der Waals surface area (Å²) < 4.78 is 1.31. The van der Waals surface area contributed by atoms with Crippen LogP contribution in [0.5, 0.6) is 0 Å². The molecule has 0 fully saturated rings. The molecule has 5 heteroatoms. The number of aryl methyl sites for hydroxylation is 3. The molecule has 6 rings (SSSR count). The molecule has 0 heterocycles. The largest absolute Gasteiger partial charge is 1.00 e. The molecule has 1 aliphatic carbocycles. The molecule has 0 atom stereocenters. The maximum absolute atomic E-state index is 5.86. The second-order valence-corrected chi connectivity index (χ2v) is 19.2. The molecule has 0 N–H and O–H groups in total. The zero-order chi connectivity index (χ0) is 37.9. The zero-order valence-corrected chi connectivity index (χ0v) is 39.2. The van der Waals surface area contributed by atoms with Gasteiger partial charge in [-0.25, -0.2) is 6.07 Å². The molecule has 0 radical (unpaired) electrons. The second kappa shape index (κ2) is 19.3. The first-order valence-electron chi connectivity index (χ1n) is 18.3. The van der Waals surface area contributed by atoms with Crippen LogP contribution in [-0.4, -0.2) is 3.21 Å². The fraction of sp³-hybridized carbons (Fsp3) is 0.375. The van der Waals surface area contributed by atoms with Gasteiger partial charge < -0.3 is 24.8 Å². The van der Waals surface area contributed by atoms with Crippen LogP contribution in [0, 0.1) is 19.9 Å². The molecule has 53 heavy (non-hydrogen) atoms. The monoisotopic (exact) mass is 862 g/mol. The van der Waals surface area contributed by atoms with Crippen molar-refractivity contribution >= 4 is 26.4 Å². The molecule has 0 saturated heterocycles. The first-order chi connectivity index (χ1) is 23.7. The number of halogens is 4. The van der Waals surface area contributed by atoms with Gasteiger partial charge in [-0.3, -0.25) is 0 Å². The molecule has 0 amide bonds. The van der Waals surface area contributed by atoms with Gasteiger partial charge in [-0.1, -0.05) is 118 Å². The zero-order valence-electron chi connectivity index (χ0n) is 33.7. The van der Waals surface area contributed by atoms with E-state index in [0.29, 0.717) is 5.41 Å². The molecule has 0 bridgehead atoms. The topological polar surface area (TPSA) is 0 Å². The number of hydrogen-bond donors (Lipinski definition) is 0. The van der Waals surface area contributed by atoms with Gasteiger partial charge >= 0.3 is 120 Å². The van der Waals surface area contributed by atoms with Crippen LogP contribution < -0.4 is 24.8 Å². The molecular formula is C48H56Cl4Zr-2. The molecule has 0 aromatic heterocycles. The van der Waals surface area contributed by atoms with Crippen LogP contribution in [0.4, 0.5) is 0 Å². The van der Waals surface area contributed by atoms with E-state index in [0.717, 1.165) is 16.5 Å². The molecule has 0 unspecified atom stereocenters. The van der Waals surface area contributed by atoms with E-state index in [2.05, 4.69) is 126 Å². The quantitative estimate of drug-likeness (QED) is 0.158. The Morgan fingerprint density at radius 3 is 1.62 bits per heavy atom. The minimum absolute atomic E-state index is 0. The van der Waals surface area contributed by atoms with E-state index in [1.165, 1.54) is 107 Å². The number of rotatable bonds is 4. The summed E-state index contributed by atoms with van der Waals surface area (Å²) in [6.07, 6.45) is 3.49. The third kappa shape index (κ3) is 12.6. The predicted molar refractivity (Wildman–Crippen MR) is 221 cm³/mol. The van der Waals surface area contributed by atoms with Crippen LogP contribution in [0.3, 0.4) is 0 Å². The third-order valence-electron chi connectivity index (χ3n) is 9.57. The third-order valence-corrected chi connectivity index (χ3v) is 11.5. The Balaban J connectivity index is 0.000000285. The summed E-state index contributed by atoms with van der Waals surface area (Å²) in [7, 11) is 0. The van der Waals surface area contributed by atoms with Crippen LogP contribution in [0.15, 0.2) is 84.9 Å². The normalized spacial score (nSPS) is 11.8. The number of fused-ring (bicyclic) bond motifs is 3. The summed E-state index contributed by atoms with van der Waals surface area (Å²) in [4.78, 5) is 0. The Bertz CT molecular complexity index is 1840. The van der Waals surface area contributed by atoms with Gasteiger partial charge in [0.05, 0.1) is 0 Å². The smallest absolute Gasteiger partial charge is 1.00 e. The summed E-state index contributed by atoms with van der Waals surface area (Å²) in [5, 5.41) is 1.53. The summed E-state index contributed by atoms with van der Waals surface area (Å²) in [5.74, 6) is 0. The van der Waals surface area contributed by atoms with Gasteiger partial charge in [-0.2, -0.15) is 41.0 Å². The summed E-state index contributed by atoms with van der Waals surface area (Å²) in [6.45, 7) is 27.3. The summed E-state index contributed by atoms with van der Waals surface area (Å²) in [5.41, 5.74) is 17.3. The molecule has 0 aliphatic heterocycles. The molecule has 0 saturated carbocycles. The van der Waals surface area contributed by atoms with Crippen molar-refractivity contribution in [2.24, 2.45) is 0 Å². The van der Waals surface area contributed by atoms with Crippen LogP contribution in [0.25, 0.3) is 11.1 Å². The van der Waals surface area contributed by atoms with Gasteiger partial charge in [0.1, 0.15) is 0 Å². The summed E-state index contributed by atoms with van der Waals surface area (Å²) >= 11 is 13.1. The van der Waals surface area contributed by atoms with Gasteiger partial charge in [-0.05, 0) is 35.4 Å². The Kier molecular flexibility index (Phi) is 17.3. The number of hydrogen-bond acceptors (Lipinski definition) is 0. The molecule has 1 aliphatic rings. The Labute approximate surface area is 359 Å². The van der Waals surface area contributed by atoms with Gasteiger partial charge in [0.15, 0.2) is 0 Å². The minimum atomic E-state index is 0. The molecule has 0 spiro atoms. The van der Waals surface area contributed by atoms with E-state index in [1.54, 1.807) is 0 Å².